The number of hydrogen-bond donors (Lipinski definition) is 0. The second kappa shape index (κ2) is 12.7. The maximum atomic E-state index is 14.0. The number of halogens is 3. The molecular formula is C29H37F3N4O3S. The normalized spacial score (nSPS) is 15.5. The maximum absolute atomic E-state index is 14.0. The van der Waals surface area contributed by atoms with Crippen LogP contribution >= 0.6 is 0 Å². The topological polar surface area (TPSA) is 66.0 Å². The summed E-state index contributed by atoms with van der Waals surface area (Å²) in [7, 11) is -4.02. The van der Waals surface area contributed by atoms with E-state index in [2.05, 4.69) is 33.4 Å². The summed E-state index contributed by atoms with van der Waals surface area (Å²) in [6, 6.07) is 10.6. The zero-order valence-corrected chi connectivity index (χ0v) is 24.1. The summed E-state index contributed by atoms with van der Waals surface area (Å²) in [5, 5.41) is 0.310. The third-order valence-electron chi connectivity index (χ3n) is 7.47. The highest BCUT2D eigenvalue weighted by atomic mass is 32.2. The monoisotopic (exact) mass is 578 g/mol. The standard InChI is InChI=1S/C29H37F3N4O3S/c1-4-22-8-11-24(12-9-22)40(37,38)27-21-33-26-13-10-23(39-29(30,31)32)20-25(26)28(27)36-15-7-14-35(18-19-36)17-16-34(5-2)6-3/h8-13,20-21H,4-7,14-19H2,1-3H3. The van der Waals surface area contributed by atoms with Crippen molar-refractivity contribution in [1.82, 2.24) is 14.8 Å². The fraction of sp³-hybridized carbons (Fsp3) is 0.483. The number of alkyl halides is 3. The molecule has 1 aliphatic heterocycles. The Morgan fingerprint density at radius 2 is 1.70 bits per heavy atom. The average molecular weight is 579 g/mol. The number of fused-ring (bicyclic) bond motifs is 1. The van der Waals surface area contributed by atoms with Gasteiger partial charge in [-0.1, -0.05) is 32.9 Å². The van der Waals surface area contributed by atoms with Crippen molar-refractivity contribution in [3.8, 4) is 5.75 Å². The van der Waals surface area contributed by atoms with E-state index in [0.29, 0.717) is 36.2 Å². The molecule has 0 aliphatic carbocycles. The van der Waals surface area contributed by atoms with Crippen molar-refractivity contribution in [2.75, 3.05) is 57.3 Å². The first kappa shape index (κ1) is 30.1. The van der Waals surface area contributed by atoms with E-state index < -0.39 is 21.9 Å². The molecule has 2 aromatic carbocycles. The summed E-state index contributed by atoms with van der Waals surface area (Å²) in [5.74, 6) is -0.416. The Bertz CT molecular complexity index is 1390. The summed E-state index contributed by atoms with van der Waals surface area (Å²) >= 11 is 0. The summed E-state index contributed by atoms with van der Waals surface area (Å²) in [6.07, 6.45) is -2.00. The zero-order valence-electron chi connectivity index (χ0n) is 23.2. The SMILES string of the molecule is CCc1ccc(S(=O)(=O)c2cnc3ccc(OC(F)(F)F)cc3c2N2CCCN(CCN(CC)CC)CC2)cc1. The van der Waals surface area contributed by atoms with Crippen LogP contribution in [-0.4, -0.2) is 81.9 Å². The second-order valence-corrected chi connectivity index (χ2v) is 11.8. The molecule has 1 aliphatic rings. The van der Waals surface area contributed by atoms with Crippen LogP contribution in [0.4, 0.5) is 18.9 Å². The van der Waals surface area contributed by atoms with Crippen molar-refractivity contribution < 1.29 is 26.3 Å². The Hall–Kier alpha value is -2.89. The molecule has 4 rings (SSSR count). The minimum absolute atomic E-state index is 0.0231. The highest BCUT2D eigenvalue weighted by Gasteiger charge is 2.32. The summed E-state index contributed by atoms with van der Waals surface area (Å²) in [5.41, 5.74) is 1.76. The molecule has 3 aromatic rings. The second-order valence-electron chi connectivity index (χ2n) is 9.91. The maximum Gasteiger partial charge on any atom is 0.573 e. The molecule has 0 N–H and O–H groups in total. The molecule has 2 heterocycles. The number of hydrogen-bond acceptors (Lipinski definition) is 7. The van der Waals surface area contributed by atoms with Crippen molar-refractivity contribution in [3.05, 3.63) is 54.2 Å². The Labute approximate surface area is 234 Å². The molecule has 218 valence electrons. The third-order valence-corrected chi connectivity index (χ3v) is 9.24. The van der Waals surface area contributed by atoms with Gasteiger partial charge in [-0.05, 0) is 68.4 Å². The van der Waals surface area contributed by atoms with Gasteiger partial charge in [-0.2, -0.15) is 0 Å². The number of ether oxygens (including phenoxy) is 1. The van der Waals surface area contributed by atoms with Gasteiger partial charge in [0.1, 0.15) is 10.6 Å². The van der Waals surface area contributed by atoms with Crippen molar-refractivity contribution in [3.63, 3.8) is 0 Å². The van der Waals surface area contributed by atoms with Crippen LogP contribution in [0.2, 0.25) is 0 Å². The van der Waals surface area contributed by atoms with Crippen LogP contribution in [0.1, 0.15) is 32.8 Å². The van der Waals surface area contributed by atoms with E-state index in [-0.39, 0.29) is 9.79 Å². The number of likely N-dealkylation sites (N-methyl/N-ethyl adjacent to an activating group) is 1. The van der Waals surface area contributed by atoms with Crippen molar-refractivity contribution >= 4 is 26.4 Å². The van der Waals surface area contributed by atoms with Crippen molar-refractivity contribution in [2.24, 2.45) is 0 Å². The quantitative estimate of drug-likeness (QED) is 0.320. The first-order valence-electron chi connectivity index (χ1n) is 13.8. The molecule has 0 spiro atoms. The molecule has 0 atom stereocenters. The first-order valence-corrected chi connectivity index (χ1v) is 15.3. The van der Waals surface area contributed by atoms with Gasteiger partial charge in [-0.3, -0.25) is 4.98 Å². The number of nitrogens with zero attached hydrogens (tertiary/aromatic N) is 4. The van der Waals surface area contributed by atoms with E-state index >= 15 is 0 Å². The van der Waals surface area contributed by atoms with Gasteiger partial charge in [0.2, 0.25) is 9.84 Å². The first-order chi connectivity index (χ1) is 19.1. The van der Waals surface area contributed by atoms with Crippen LogP contribution in [0, 0.1) is 0 Å². The Kier molecular flexibility index (Phi) is 9.58. The fourth-order valence-corrected chi connectivity index (χ4v) is 6.56. The van der Waals surface area contributed by atoms with Gasteiger partial charge in [-0.25, -0.2) is 8.42 Å². The smallest absolute Gasteiger partial charge is 0.406 e. The van der Waals surface area contributed by atoms with Gasteiger partial charge in [0.05, 0.1) is 16.1 Å². The fourth-order valence-electron chi connectivity index (χ4n) is 5.13. The summed E-state index contributed by atoms with van der Waals surface area (Å²) in [4.78, 5) is 11.1. The number of aryl methyl sites for hydroxylation is 1. The molecule has 1 aromatic heterocycles. The number of anilines is 1. The highest BCUT2D eigenvalue weighted by molar-refractivity contribution is 7.91. The van der Waals surface area contributed by atoms with Gasteiger partial charge < -0.3 is 19.4 Å². The van der Waals surface area contributed by atoms with Crippen LogP contribution in [-0.2, 0) is 16.3 Å². The highest BCUT2D eigenvalue weighted by Crippen LogP contribution is 2.38. The summed E-state index contributed by atoms with van der Waals surface area (Å²) < 4.78 is 71.3. The van der Waals surface area contributed by atoms with Crippen LogP contribution in [0.15, 0.2) is 58.5 Å². The molecule has 7 nitrogen and oxygen atoms in total. The predicted octanol–water partition coefficient (Wildman–Crippen LogP) is 5.38. The molecular weight excluding hydrogens is 541 g/mol. The minimum atomic E-state index is -4.88. The van der Waals surface area contributed by atoms with Gasteiger partial charge in [0.15, 0.2) is 0 Å². The Balaban J connectivity index is 1.77. The van der Waals surface area contributed by atoms with Crippen molar-refractivity contribution in [1.29, 1.82) is 0 Å². The number of rotatable bonds is 10. The van der Waals surface area contributed by atoms with Gasteiger partial charge in [0, 0.05) is 44.3 Å². The van der Waals surface area contributed by atoms with Crippen LogP contribution in [0.5, 0.6) is 5.75 Å². The molecule has 0 unspecified atom stereocenters. The van der Waals surface area contributed by atoms with E-state index in [1.165, 1.54) is 24.4 Å². The molecule has 0 bridgehead atoms. The Morgan fingerprint density at radius 1 is 0.975 bits per heavy atom. The largest absolute Gasteiger partial charge is 0.573 e. The zero-order chi connectivity index (χ0) is 28.9. The van der Waals surface area contributed by atoms with Crippen LogP contribution in [0.3, 0.4) is 0 Å². The van der Waals surface area contributed by atoms with E-state index in [0.717, 1.165) is 51.1 Å². The van der Waals surface area contributed by atoms with Gasteiger partial charge >= 0.3 is 6.36 Å². The van der Waals surface area contributed by atoms with Gasteiger partial charge in [-0.15, -0.1) is 13.2 Å². The van der Waals surface area contributed by atoms with Crippen LogP contribution in [0.25, 0.3) is 10.9 Å². The third kappa shape index (κ3) is 7.05. The lowest BCUT2D eigenvalue weighted by Crippen LogP contribution is -2.37. The molecule has 1 saturated heterocycles. The van der Waals surface area contributed by atoms with E-state index in [1.54, 1.807) is 24.3 Å². The van der Waals surface area contributed by atoms with Gasteiger partial charge in [0.25, 0.3) is 0 Å². The number of sulfone groups is 1. The molecule has 40 heavy (non-hydrogen) atoms. The predicted molar refractivity (Wildman–Crippen MR) is 151 cm³/mol. The molecule has 0 saturated carbocycles. The number of aromatic nitrogens is 1. The molecule has 0 amide bonds. The Morgan fingerprint density at radius 3 is 2.35 bits per heavy atom. The summed E-state index contributed by atoms with van der Waals surface area (Å²) in [6.45, 7) is 12.7. The lowest BCUT2D eigenvalue weighted by molar-refractivity contribution is -0.274. The van der Waals surface area contributed by atoms with E-state index in [4.69, 9.17) is 0 Å². The van der Waals surface area contributed by atoms with Crippen LogP contribution < -0.4 is 9.64 Å². The lowest BCUT2D eigenvalue weighted by atomic mass is 10.1. The van der Waals surface area contributed by atoms with E-state index in [9.17, 15) is 21.6 Å². The number of pyridine rings is 1. The molecule has 1 fully saturated rings. The molecule has 11 heteroatoms. The average Bonchev–Trinajstić information content (AvgIpc) is 3.17. The van der Waals surface area contributed by atoms with E-state index in [1.807, 2.05) is 11.8 Å². The number of benzene rings is 2. The molecule has 0 radical (unpaired) electrons. The minimum Gasteiger partial charge on any atom is -0.406 e. The van der Waals surface area contributed by atoms with Crippen molar-refractivity contribution in [2.45, 2.75) is 49.8 Å². The lowest BCUT2D eigenvalue weighted by Gasteiger charge is -2.28.